The summed E-state index contributed by atoms with van der Waals surface area (Å²) in [5.41, 5.74) is 7.23. The van der Waals surface area contributed by atoms with E-state index in [9.17, 15) is 9.59 Å². The Morgan fingerprint density at radius 2 is 1.70 bits per heavy atom. The standard InChI is InChI=1S/C21H26N2O4/c1-5-26-18-10-8-16(9-11-18)21(25)23-22-20(24)13-27-19-12-17(14(2)3)7-6-15(19)4/h6-12,14H,5,13H2,1-4H3,(H,22,24)(H,23,25). The van der Waals surface area contributed by atoms with Crippen LogP contribution < -0.4 is 20.3 Å². The zero-order valence-electron chi connectivity index (χ0n) is 16.2. The third-order valence-electron chi connectivity index (χ3n) is 3.98. The lowest BCUT2D eigenvalue weighted by Crippen LogP contribution is -2.43. The number of benzene rings is 2. The third-order valence-corrected chi connectivity index (χ3v) is 3.98. The third kappa shape index (κ3) is 6.02. The summed E-state index contributed by atoms with van der Waals surface area (Å²) in [6.07, 6.45) is 0. The molecule has 6 nitrogen and oxygen atoms in total. The SMILES string of the molecule is CCOc1ccc(C(=O)NNC(=O)COc2cc(C(C)C)ccc2C)cc1. The molecule has 0 atom stereocenters. The Labute approximate surface area is 159 Å². The van der Waals surface area contributed by atoms with Crippen molar-refractivity contribution in [3.63, 3.8) is 0 Å². The molecular formula is C21H26N2O4. The average molecular weight is 370 g/mol. The molecule has 144 valence electrons. The van der Waals surface area contributed by atoms with Gasteiger partial charge in [-0.1, -0.05) is 26.0 Å². The number of hydrogen-bond acceptors (Lipinski definition) is 4. The molecule has 0 saturated carbocycles. The van der Waals surface area contributed by atoms with Crippen LogP contribution in [0.2, 0.25) is 0 Å². The van der Waals surface area contributed by atoms with Crippen molar-refractivity contribution in [2.45, 2.75) is 33.6 Å². The van der Waals surface area contributed by atoms with Gasteiger partial charge >= 0.3 is 0 Å². The van der Waals surface area contributed by atoms with E-state index >= 15 is 0 Å². The lowest BCUT2D eigenvalue weighted by atomic mass is 10.0. The topological polar surface area (TPSA) is 76.7 Å². The van der Waals surface area contributed by atoms with E-state index in [1.54, 1.807) is 24.3 Å². The highest BCUT2D eigenvalue weighted by atomic mass is 16.5. The van der Waals surface area contributed by atoms with Gasteiger partial charge in [-0.15, -0.1) is 0 Å². The van der Waals surface area contributed by atoms with Crippen LogP contribution >= 0.6 is 0 Å². The van der Waals surface area contributed by atoms with Gasteiger partial charge in [-0.3, -0.25) is 20.4 Å². The minimum atomic E-state index is -0.441. The molecule has 6 heteroatoms. The largest absolute Gasteiger partial charge is 0.494 e. The maximum absolute atomic E-state index is 12.1. The number of carbonyl (C=O) groups is 2. The Morgan fingerprint density at radius 1 is 1.00 bits per heavy atom. The highest BCUT2D eigenvalue weighted by Gasteiger charge is 2.10. The van der Waals surface area contributed by atoms with E-state index in [-0.39, 0.29) is 6.61 Å². The molecular weight excluding hydrogens is 344 g/mol. The van der Waals surface area contributed by atoms with Gasteiger partial charge in [0.1, 0.15) is 11.5 Å². The molecule has 2 amide bonds. The van der Waals surface area contributed by atoms with E-state index < -0.39 is 11.8 Å². The lowest BCUT2D eigenvalue weighted by molar-refractivity contribution is -0.123. The van der Waals surface area contributed by atoms with Gasteiger partial charge in [0.25, 0.3) is 11.8 Å². The lowest BCUT2D eigenvalue weighted by Gasteiger charge is -2.13. The Bertz CT molecular complexity index is 785. The van der Waals surface area contributed by atoms with Crippen LogP contribution in [0.15, 0.2) is 42.5 Å². The normalized spacial score (nSPS) is 10.4. The van der Waals surface area contributed by atoms with Crippen LogP contribution in [0.25, 0.3) is 0 Å². The number of hydrazine groups is 1. The number of rotatable bonds is 7. The zero-order chi connectivity index (χ0) is 19.8. The highest BCUT2D eigenvalue weighted by Crippen LogP contribution is 2.24. The summed E-state index contributed by atoms with van der Waals surface area (Å²) in [4.78, 5) is 24.0. The predicted octanol–water partition coefficient (Wildman–Crippen LogP) is 3.36. The van der Waals surface area contributed by atoms with Crippen molar-refractivity contribution >= 4 is 11.8 Å². The average Bonchev–Trinajstić information content (AvgIpc) is 2.66. The summed E-state index contributed by atoms with van der Waals surface area (Å²) in [7, 11) is 0. The summed E-state index contributed by atoms with van der Waals surface area (Å²) in [6, 6.07) is 12.6. The molecule has 2 N–H and O–H groups in total. The summed E-state index contributed by atoms with van der Waals surface area (Å²) in [5, 5.41) is 0. The molecule has 2 rings (SSSR count). The monoisotopic (exact) mass is 370 g/mol. The van der Waals surface area contributed by atoms with Crippen molar-refractivity contribution < 1.29 is 19.1 Å². The van der Waals surface area contributed by atoms with Crippen LogP contribution in [0.1, 0.15) is 48.2 Å². The number of nitrogens with one attached hydrogen (secondary N) is 2. The maximum Gasteiger partial charge on any atom is 0.276 e. The molecule has 27 heavy (non-hydrogen) atoms. The molecule has 0 radical (unpaired) electrons. The molecule has 0 aromatic heterocycles. The van der Waals surface area contributed by atoms with Crippen molar-refractivity contribution in [2.24, 2.45) is 0 Å². The summed E-state index contributed by atoms with van der Waals surface area (Å²) in [5.74, 6) is 0.864. The molecule has 0 heterocycles. The van der Waals surface area contributed by atoms with Crippen LogP contribution in [0.5, 0.6) is 11.5 Å². The quantitative estimate of drug-likeness (QED) is 0.733. The van der Waals surface area contributed by atoms with Gasteiger partial charge in [0.05, 0.1) is 6.61 Å². The Balaban J connectivity index is 1.84. The fraction of sp³-hybridized carbons (Fsp3) is 0.333. The fourth-order valence-electron chi connectivity index (χ4n) is 2.38. The van der Waals surface area contributed by atoms with E-state index in [0.29, 0.717) is 29.6 Å². The first kappa shape index (κ1) is 20.3. The van der Waals surface area contributed by atoms with Crippen LogP contribution in [0.4, 0.5) is 0 Å². The second-order valence-corrected chi connectivity index (χ2v) is 6.43. The maximum atomic E-state index is 12.1. The van der Waals surface area contributed by atoms with E-state index in [1.807, 2.05) is 32.0 Å². The highest BCUT2D eigenvalue weighted by molar-refractivity contribution is 5.95. The summed E-state index contributed by atoms with van der Waals surface area (Å²) < 4.78 is 10.9. The van der Waals surface area contributed by atoms with Crippen molar-refractivity contribution in [2.75, 3.05) is 13.2 Å². The van der Waals surface area contributed by atoms with Crippen LogP contribution in [0.3, 0.4) is 0 Å². The number of aryl methyl sites for hydroxylation is 1. The van der Waals surface area contributed by atoms with Crippen LogP contribution in [0, 0.1) is 6.92 Å². The molecule has 0 saturated heterocycles. The van der Waals surface area contributed by atoms with Gasteiger partial charge in [0, 0.05) is 5.56 Å². The minimum absolute atomic E-state index is 0.189. The van der Waals surface area contributed by atoms with Crippen molar-refractivity contribution in [1.29, 1.82) is 0 Å². The second-order valence-electron chi connectivity index (χ2n) is 6.43. The molecule has 0 spiro atoms. The van der Waals surface area contributed by atoms with Crippen molar-refractivity contribution in [3.8, 4) is 11.5 Å². The molecule has 0 bridgehead atoms. The first-order valence-corrected chi connectivity index (χ1v) is 8.96. The second kappa shape index (κ2) is 9.62. The van der Waals surface area contributed by atoms with Crippen LogP contribution in [-0.2, 0) is 4.79 Å². The van der Waals surface area contributed by atoms with E-state index in [1.165, 1.54) is 0 Å². The number of hydrogen-bond donors (Lipinski definition) is 2. The van der Waals surface area contributed by atoms with Gasteiger partial charge in [0.15, 0.2) is 6.61 Å². The Kier molecular flexibility index (Phi) is 7.23. The molecule has 0 fully saturated rings. The van der Waals surface area contributed by atoms with E-state index in [2.05, 4.69) is 24.7 Å². The van der Waals surface area contributed by atoms with Crippen molar-refractivity contribution in [1.82, 2.24) is 10.9 Å². The molecule has 0 aliphatic heterocycles. The zero-order valence-corrected chi connectivity index (χ0v) is 16.2. The van der Waals surface area contributed by atoms with E-state index in [4.69, 9.17) is 9.47 Å². The van der Waals surface area contributed by atoms with Gasteiger partial charge in [-0.05, 0) is 61.2 Å². The van der Waals surface area contributed by atoms with Crippen LogP contribution in [-0.4, -0.2) is 25.0 Å². The van der Waals surface area contributed by atoms with Gasteiger partial charge in [0.2, 0.25) is 0 Å². The molecule has 0 unspecified atom stereocenters. The fourth-order valence-corrected chi connectivity index (χ4v) is 2.38. The van der Waals surface area contributed by atoms with E-state index in [0.717, 1.165) is 11.1 Å². The molecule has 2 aromatic carbocycles. The summed E-state index contributed by atoms with van der Waals surface area (Å²) in [6.45, 7) is 8.37. The molecule has 0 aliphatic rings. The van der Waals surface area contributed by atoms with Crippen molar-refractivity contribution in [3.05, 3.63) is 59.2 Å². The molecule has 2 aromatic rings. The van der Waals surface area contributed by atoms with Gasteiger partial charge in [-0.25, -0.2) is 0 Å². The molecule has 0 aliphatic carbocycles. The summed E-state index contributed by atoms with van der Waals surface area (Å²) >= 11 is 0. The Morgan fingerprint density at radius 3 is 2.33 bits per heavy atom. The first-order chi connectivity index (χ1) is 12.9. The van der Waals surface area contributed by atoms with Gasteiger partial charge < -0.3 is 9.47 Å². The number of carbonyl (C=O) groups excluding carboxylic acids is 2. The smallest absolute Gasteiger partial charge is 0.276 e. The number of ether oxygens (including phenoxy) is 2. The first-order valence-electron chi connectivity index (χ1n) is 8.96. The number of amides is 2. The minimum Gasteiger partial charge on any atom is -0.494 e. The van der Waals surface area contributed by atoms with Gasteiger partial charge in [-0.2, -0.15) is 0 Å². The Hall–Kier alpha value is -3.02. The predicted molar refractivity (Wildman–Crippen MR) is 104 cm³/mol.